The highest BCUT2D eigenvalue weighted by Gasteiger charge is 2.09. The molecule has 1 aromatic carbocycles. The van der Waals surface area contributed by atoms with E-state index in [1.165, 1.54) is 0 Å². The molecule has 1 aromatic heterocycles. The Morgan fingerprint density at radius 2 is 1.67 bits per heavy atom. The van der Waals surface area contributed by atoms with E-state index in [2.05, 4.69) is 31.2 Å². The lowest BCUT2D eigenvalue weighted by molar-refractivity contribution is 1.04. The molecular formula is C12H10BrCl2N3. The highest BCUT2D eigenvalue weighted by molar-refractivity contribution is 9.10. The third-order valence-electron chi connectivity index (χ3n) is 2.32. The van der Waals surface area contributed by atoms with Crippen molar-refractivity contribution in [1.29, 1.82) is 0 Å². The largest absolute Gasteiger partial charge is 0.376 e. The molecule has 0 aliphatic heterocycles. The smallest absolute Gasteiger partial charge is 0.157 e. The van der Waals surface area contributed by atoms with Crippen molar-refractivity contribution in [1.82, 2.24) is 9.97 Å². The van der Waals surface area contributed by atoms with E-state index < -0.39 is 0 Å². The van der Waals surface area contributed by atoms with Crippen LogP contribution in [0.5, 0.6) is 0 Å². The minimum absolute atomic E-state index is 0.338. The summed E-state index contributed by atoms with van der Waals surface area (Å²) in [5, 5.41) is 3.82. The van der Waals surface area contributed by atoms with Crippen molar-refractivity contribution in [2.45, 2.75) is 13.5 Å². The first-order valence-corrected chi connectivity index (χ1v) is 6.79. The van der Waals surface area contributed by atoms with Gasteiger partial charge in [-0.25, -0.2) is 9.97 Å². The second kappa shape index (κ2) is 5.87. The molecule has 0 saturated carbocycles. The molecule has 94 valence electrons. The monoisotopic (exact) mass is 345 g/mol. The highest BCUT2D eigenvalue weighted by atomic mass is 79.9. The van der Waals surface area contributed by atoms with Gasteiger partial charge < -0.3 is 5.32 Å². The van der Waals surface area contributed by atoms with E-state index in [4.69, 9.17) is 23.2 Å². The molecule has 2 rings (SSSR count). The van der Waals surface area contributed by atoms with E-state index in [0.29, 0.717) is 28.4 Å². The van der Waals surface area contributed by atoms with Crippen LogP contribution < -0.4 is 5.32 Å². The van der Waals surface area contributed by atoms with Crippen LogP contribution in [0.25, 0.3) is 0 Å². The van der Waals surface area contributed by atoms with E-state index in [1.807, 2.05) is 24.3 Å². The number of aryl methyl sites for hydroxylation is 1. The molecule has 0 fully saturated rings. The molecule has 3 nitrogen and oxygen atoms in total. The number of nitrogens with one attached hydrogen (secondary N) is 1. The predicted molar refractivity (Wildman–Crippen MR) is 78.3 cm³/mol. The fourth-order valence-corrected chi connectivity index (χ4v) is 2.31. The number of rotatable bonds is 3. The Labute approximate surface area is 124 Å². The Morgan fingerprint density at radius 3 is 2.22 bits per heavy atom. The lowest BCUT2D eigenvalue weighted by atomic mass is 10.2. The Kier molecular flexibility index (Phi) is 4.43. The Bertz CT molecular complexity index is 535. The van der Waals surface area contributed by atoms with Crippen LogP contribution in [-0.2, 0) is 6.54 Å². The molecule has 0 amide bonds. The van der Waals surface area contributed by atoms with Crippen LogP contribution in [0.1, 0.15) is 11.4 Å². The molecule has 0 saturated heterocycles. The van der Waals surface area contributed by atoms with Crippen LogP contribution in [0.4, 0.5) is 5.69 Å². The first-order chi connectivity index (χ1) is 8.56. The lowest BCUT2D eigenvalue weighted by Crippen LogP contribution is -2.03. The van der Waals surface area contributed by atoms with Crippen LogP contribution in [0, 0.1) is 6.92 Å². The summed E-state index contributed by atoms with van der Waals surface area (Å²) in [6, 6.07) is 7.97. The Balaban J connectivity index is 2.13. The van der Waals surface area contributed by atoms with Crippen molar-refractivity contribution in [3.63, 3.8) is 0 Å². The number of hydrogen-bond acceptors (Lipinski definition) is 3. The summed E-state index contributed by atoms with van der Waals surface area (Å²) in [4.78, 5) is 8.12. The van der Waals surface area contributed by atoms with Gasteiger partial charge in [0.1, 0.15) is 11.5 Å². The molecule has 0 bridgehead atoms. The van der Waals surface area contributed by atoms with Gasteiger partial charge >= 0.3 is 0 Å². The number of anilines is 1. The van der Waals surface area contributed by atoms with Crippen LogP contribution >= 0.6 is 39.1 Å². The van der Waals surface area contributed by atoms with Gasteiger partial charge in [-0.1, -0.05) is 51.3 Å². The summed E-state index contributed by atoms with van der Waals surface area (Å²) < 4.78 is 1.04. The van der Waals surface area contributed by atoms with Gasteiger partial charge in [-0.3, -0.25) is 0 Å². The van der Waals surface area contributed by atoms with E-state index in [0.717, 1.165) is 10.0 Å². The third-order valence-corrected chi connectivity index (χ3v) is 3.39. The van der Waals surface area contributed by atoms with Gasteiger partial charge in [0.2, 0.25) is 0 Å². The van der Waals surface area contributed by atoms with Crippen LogP contribution in [-0.4, -0.2) is 9.97 Å². The average Bonchev–Trinajstić information content (AvgIpc) is 2.30. The maximum atomic E-state index is 6.02. The topological polar surface area (TPSA) is 37.8 Å². The number of aromatic nitrogens is 2. The van der Waals surface area contributed by atoms with E-state index >= 15 is 0 Å². The fraction of sp³-hybridized carbons (Fsp3) is 0.167. The molecule has 18 heavy (non-hydrogen) atoms. The Hall–Kier alpha value is -0.840. The molecule has 0 aliphatic rings. The maximum Gasteiger partial charge on any atom is 0.157 e. The molecule has 0 spiro atoms. The minimum atomic E-state index is 0.338. The van der Waals surface area contributed by atoms with E-state index in [9.17, 15) is 0 Å². The fourth-order valence-electron chi connectivity index (χ4n) is 1.44. The highest BCUT2D eigenvalue weighted by Crippen LogP contribution is 2.27. The van der Waals surface area contributed by atoms with Gasteiger partial charge in [-0.2, -0.15) is 0 Å². The molecule has 0 atom stereocenters. The van der Waals surface area contributed by atoms with E-state index in [1.54, 1.807) is 6.92 Å². The van der Waals surface area contributed by atoms with Gasteiger partial charge in [0, 0.05) is 11.0 Å². The SMILES string of the molecule is Cc1nc(Cl)c(NCc2ccc(Br)cc2)c(Cl)n1. The predicted octanol–water partition coefficient (Wildman–Crippen LogP) is 4.47. The minimum Gasteiger partial charge on any atom is -0.376 e. The third kappa shape index (κ3) is 3.34. The summed E-state index contributed by atoms with van der Waals surface area (Å²) in [6.45, 7) is 2.36. The molecule has 2 aromatic rings. The second-order valence-electron chi connectivity index (χ2n) is 3.71. The molecular weight excluding hydrogens is 337 g/mol. The Morgan fingerprint density at radius 1 is 1.11 bits per heavy atom. The van der Waals surface area contributed by atoms with Crippen LogP contribution in [0.2, 0.25) is 10.3 Å². The van der Waals surface area contributed by atoms with Crippen LogP contribution in [0.3, 0.4) is 0 Å². The van der Waals surface area contributed by atoms with Gasteiger partial charge in [0.25, 0.3) is 0 Å². The van der Waals surface area contributed by atoms with Gasteiger partial charge in [-0.15, -0.1) is 0 Å². The maximum absolute atomic E-state index is 6.02. The summed E-state index contributed by atoms with van der Waals surface area (Å²) in [5.74, 6) is 0.555. The lowest BCUT2D eigenvalue weighted by Gasteiger charge is -2.09. The molecule has 1 heterocycles. The van der Waals surface area contributed by atoms with E-state index in [-0.39, 0.29) is 0 Å². The summed E-state index contributed by atoms with van der Waals surface area (Å²) in [7, 11) is 0. The molecule has 1 N–H and O–H groups in total. The number of hydrogen-bond donors (Lipinski definition) is 1. The van der Waals surface area contributed by atoms with Crippen molar-refractivity contribution >= 4 is 44.8 Å². The standard InChI is InChI=1S/C12H10BrCl2N3/c1-7-17-11(14)10(12(15)18-7)16-6-8-2-4-9(13)5-3-8/h2-5,16H,6H2,1H3. The van der Waals surface area contributed by atoms with Crippen molar-refractivity contribution < 1.29 is 0 Å². The molecule has 0 radical (unpaired) electrons. The average molecular weight is 347 g/mol. The first kappa shape index (κ1) is 13.6. The van der Waals surface area contributed by atoms with Gasteiger partial charge in [0.15, 0.2) is 10.3 Å². The van der Waals surface area contributed by atoms with Crippen molar-refractivity contribution in [3.05, 3.63) is 50.4 Å². The zero-order chi connectivity index (χ0) is 13.1. The summed E-state index contributed by atoms with van der Waals surface area (Å²) in [6.07, 6.45) is 0. The van der Waals surface area contributed by atoms with Crippen molar-refractivity contribution in [3.8, 4) is 0 Å². The molecule has 0 unspecified atom stereocenters. The van der Waals surface area contributed by atoms with Crippen LogP contribution in [0.15, 0.2) is 28.7 Å². The number of nitrogens with zero attached hydrogens (tertiary/aromatic N) is 2. The normalized spacial score (nSPS) is 10.4. The first-order valence-electron chi connectivity index (χ1n) is 5.24. The second-order valence-corrected chi connectivity index (χ2v) is 5.34. The quantitative estimate of drug-likeness (QED) is 0.833. The van der Waals surface area contributed by atoms with Gasteiger partial charge in [-0.05, 0) is 24.6 Å². The molecule has 0 aliphatic carbocycles. The summed E-state index contributed by atoms with van der Waals surface area (Å²) >= 11 is 15.4. The van der Waals surface area contributed by atoms with Gasteiger partial charge in [0.05, 0.1) is 0 Å². The summed E-state index contributed by atoms with van der Waals surface area (Å²) in [5.41, 5.74) is 1.68. The zero-order valence-corrected chi connectivity index (χ0v) is 12.6. The number of halogens is 3. The zero-order valence-electron chi connectivity index (χ0n) is 9.54. The number of benzene rings is 1. The van der Waals surface area contributed by atoms with Crippen molar-refractivity contribution in [2.24, 2.45) is 0 Å². The molecule has 6 heteroatoms. The van der Waals surface area contributed by atoms with Crippen molar-refractivity contribution in [2.75, 3.05) is 5.32 Å².